The number of aryl methyl sites for hydroxylation is 1. The van der Waals surface area contributed by atoms with Crippen LogP contribution in [0.2, 0.25) is 0 Å². The Labute approximate surface area is 110 Å². The third-order valence-corrected chi connectivity index (χ3v) is 3.67. The highest BCUT2D eigenvalue weighted by Crippen LogP contribution is 2.19. The molecule has 1 saturated heterocycles. The average Bonchev–Trinajstić information content (AvgIpc) is 2.31. The molecule has 1 atom stereocenters. The molecule has 1 aliphatic heterocycles. The largest absolute Gasteiger partial charge is 0.337 e. The van der Waals surface area contributed by atoms with Gasteiger partial charge < -0.3 is 10.6 Å². The number of likely N-dealkylation sites (tertiary alicyclic amines) is 1. The van der Waals surface area contributed by atoms with Gasteiger partial charge in [0.05, 0.1) is 0 Å². The first-order chi connectivity index (χ1) is 8.08. The second-order valence-electron chi connectivity index (χ2n) is 4.61. The number of carbonyl (C=O) groups is 1. The molecule has 1 heterocycles. The van der Waals surface area contributed by atoms with Crippen molar-refractivity contribution in [3.63, 3.8) is 0 Å². The molecular formula is C13H17BrN2O. The van der Waals surface area contributed by atoms with Crippen molar-refractivity contribution < 1.29 is 4.79 Å². The maximum atomic E-state index is 12.4. The Hall–Kier alpha value is -0.870. The molecule has 2 rings (SSSR count). The quantitative estimate of drug-likeness (QED) is 0.864. The van der Waals surface area contributed by atoms with Crippen molar-refractivity contribution in [3.8, 4) is 0 Å². The van der Waals surface area contributed by atoms with Crippen molar-refractivity contribution in [2.75, 3.05) is 13.1 Å². The van der Waals surface area contributed by atoms with Crippen LogP contribution in [0.1, 0.15) is 28.8 Å². The zero-order valence-electron chi connectivity index (χ0n) is 9.95. The van der Waals surface area contributed by atoms with Gasteiger partial charge in [0.2, 0.25) is 0 Å². The van der Waals surface area contributed by atoms with Crippen molar-refractivity contribution in [1.82, 2.24) is 4.90 Å². The SMILES string of the molecule is Cc1ccc(Br)cc1C(=O)N1CCCC(N)C1. The summed E-state index contributed by atoms with van der Waals surface area (Å²) in [6.07, 6.45) is 2.02. The highest BCUT2D eigenvalue weighted by atomic mass is 79.9. The number of benzene rings is 1. The van der Waals surface area contributed by atoms with Gasteiger partial charge in [-0.2, -0.15) is 0 Å². The molecular weight excluding hydrogens is 280 g/mol. The number of halogens is 1. The van der Waals surface area contributed by atoms with Crippen LogP contribution in [0.15, 0.2) is 22.7 Å². The number of hydrogen-bond acceptors (Lipinski definition) is 2. The third kappa shape index (κ3) is 2.87. The zero-order valence-corrected chi connectivity index (χ0v) is 11.5. The number of rotatable bonds is 1. The highest BCUT2D eigenvalue weighted by molar-refractivity contribution is 9.10. The fourth-order valence-electron chi connectivity index (χ4n) is 2.19. The van der Waals surface area contributed by atoms with Crippen LogP contribution in [-0.2, 0) is 0 Å². The van der Waals surface area contributed by atoms with Crippen LogP contribution in [0.3, 0.4) is 0 Å². The van der Waals surface area contributed by atoms with Crippen LogP contribution < -0.4 is 5.73 Å². The van der Waals surface area contributed by atoms with Gasteiger partial charge in [-0.05, 0) is 37.5 Å². The summed E-state index contributed by atoms with van der Waals surface area (Å²) < 4.78 is 0.938. The minimum Gasteiger partial charge on any atom is -0.337 e. The van der Waals surface area contributed by atoms with Gasteiger partial charge >= 0.3 is 0 Å². The summed E-state index contributed by atoms with van der Waals surface area (Å²) in [7, 11) is 0. The highest BCUT2D eigenvalue weighted by Gasteiger charge is 2.23. The predicted molar refractivity (Wildman–Crippen MR) is 72.0 cm³/mol. The summed E-state index contributed by atoms with van der Waals surface area (Å²) in [5.41, 5.74) is 7.69. The molecule has 2 N–H and O–H groups in total. The van der Waals surface area contributed by atoms with Crippen molar-refractivity contribution >= 4 is 21.8 Å². The van der Waals surface area contributed by atoms with Crippen molar-refractivity contribution in [3.05, 3.63) is 33.8 Å². The van der Waals surface area contributed by atoms with E-state index in [1.54, 1.807) is 0 Å². The molecule has 1 aromatic rings. The number of carbonyl (C=O) groups excluding carboxylic acids is 1. The number of amides is 1. The molecule has 1 amide bonds. The first-order valence-electron chi connectivity index (χ1n) is 5.89. The number of hydrogen-bond donors (Lipinski definition) is 1. The molecule has 0 aromatic heterocycles. The molecule has 4 heteroatoms. The van der Waals surface area contributed by atoms with Gasteiger partial charge in [-0.15, -0.1) is 0 Å². The Kier molecular flexibility index (Phi) is 3.84. The second-order valence-corrected chi connectivity index (χ2v) is 5.53. The molecule has 17 heavy (non-hydrogen) atoms. The van der Waals surface area contributed by atoms with E-state index in [9.17, 15) is 4.79 Å². The Bertz CT molecular complexity index is 433. The van der Waals surface area contributed by atoms with Gasteiger partial charge in [0, 0.05) is 29.2 Å². The summed E-state index contributed by atoms with van der Waals surface area (Å²) >= 11 is 3.41. The smallest absolute Gasteiger partial charge is 0.254 e. The first-order valence-corrected chi connectivity index (χ1v) is 6.68. The molecule has 1 unspecified atom stereocenters. The topological polar surface area (TPSA) is 46.3 Å². The number of nitrogens with two attached hydrogens (primary N) is 1. The lowest BCUT2D eigenvalue weighted by atomic mass is 10.0. The third-order valence-electron chi connectivity index (χ3n) is 3.18. The molecule has 92 valence electrons. The fourth-order valence-corrected chi connectivity index (χ4v) is 2.55. The van der Waals surface area contributed by atoms with Gasteiger partial charge in [0.1, 0.15) is 0 Å². The van der Waals surface area contributed by atoms with E-state index in [0.29, 0.717) is 6.54 Å². The Morgan fingerprint density at radius 3 is 3.00 bits per heavy atom. The maximum absolute atomic E-state index is 12.4. The standard InChI is InChI=1S/C13H17BrN2O/c1-9-4-5-10(14)7-12(9)13(17)16-6-2-3-11(15)8-16/h4-5,7,11H,2-3,6,8,15H2,1H3. The normalized spacial score (nSPS) is 20.4. The molecule has 0 radical (unpaired) electrons. The van der Waals surface area contributed by atoms with Crippen LogP contribution in [0, 0.1) is 6.92 Å². The molecule has 3 nitrogen and oxygen atoms in total. The zero-order chi connectivity index (χ0) is 12.4. The molecule has 0 saturated carbocycles. The lowest BCUT2D eigenvalue weighted by Gasteiger charge is -2.31. The second kappa shape index (κ2) is 5.19. The minimum atomic E-state index is 0.0963. The fraction of sp³-hybridized carbons (Fsp3) is 0.462. The molecule has 0 aliphatic carbocycles. The van der Waals surface area contributed by atoms with E-state index >= 15 is 0 Å². The van der Waals surface area contributed by atoms with Crippen LogP contribution in [0.4, 0.5) is 0 Å². The number of nitrogens with zero attached hydrogens (tertiary/aromatic N) is 1. The summed E-state index contributed by atoms with van der Waals surface area (Å²) in [6, 6.07) is 5.92. The Morgan fingerprint density at radius 2 is 2.29 bits per heavy atom. The monoisotopic (exact) mass is 296 g/mol. The van der Waals surface area contributed by atoms with Gasteiger partial charge in [0.25, 0.3) is 5.91 Å². The lowest BCUT2D eigenvalue weighted by molar-refractivity contribution is 0.0708. The van der Waals surface area contributed by atoms with Crippen LogP contribution in [-0.4, -0.2) is 29.9 Å². The van der Waals surface area contributed by atoms with Crippen molar-refractivity contribution in [2.45, 2.75) is 25.8 Å². The summed E-state index contributed by atoms with van der Waals surface area (Å²) in [4.78, 5) is 14.2. The number of piperidine rings is 1. The molecule has 1 fully saturated rings. The van der Waals surface area contributed by atoms with E-state index in [1.807, 2.05) is 30.0 Å². The van der Waals surface area contributed by atoms with E-state index in [4.69, 9.17) is 5.73 Å². The van der Waals surface area contributed by atoms with Crippen LogP contribution in [0.25, 0.3) is 0 Å². The molecule has 1 aliphatic rings. The lowest BCUT2D eigenvalue weighted by Crippen LogP contribution is -2.45. The van der Waals surface area contributed by atoms with E-state index in [1.165, 1.54) is 0 Å². The van der Waals surface area contributed by atoms with Gasteiger partial charge in [-0.25, -0.2) is 0 Å². The molecule has 0 bridgehead atoms. The summed E-state index contributed by atoms with van der Waals surface area (Å²) in [5, 5.41) is 0. The van der Waals surface area contributed by atoms with Crippen molar-refractivity contribution in [1.29, 1.82) is 0 Å². The average molecular weight is 297 g/mol. The van der Waals surface area contributed by atoms with E-state index in [2.05, 4.69) is 15.9 Å². The molecule has 0 spiro atoms. The van der Waals surface area contributed by atoms with E-state index in [-0.39, 0.29) is 11.9 Å². The van der Waals surface area contributed by atoms with Gasteiger partial charge in [-0.3, -0.25) is 4.79 Å². The van der Waals surface area contributed by atoms with Crippen LogP contribution >= 0.6 is 15.9 Å². The van der Waals surface area contributed by atoms with Gasteiger partial charge in [0.15, 0.2) is 0 Å². The van der Waals surface area contributed by atoms with Crippen molar-refractivity contribution in [2.24, 2.45) is 5.73 Å². The molecule has 1 aromatic carbocycles. The minimum absolute atomic E-state index is 0.0963. The van der Waals surface area contributed by atoms with E-state index in [0.717, 1.165) is 35.0 Å². The Morgan fingerprint density at radius 1 is 1.53 bits per heavy atom. The van der Waals surface area contributed by atoms with Gasteiger partial charge in [-0.1, -0.05) is 22.0 Å². The summed E-state index contributed by atoms with van der Waals surface area (Å²) in [5.74, 6) is 0.0963. The van der Waals surface area contributed by atoms with Crippen LogP contribution in [0.5, 0.6) is 0 Å². The first kappa shape index (κ1) is 12.6. The van der Waals surface area contributed by atoms with E-state index < -0.39 is 0 Å². The predicted octanol–water partition coefficient (Wildman–Crippen LogP) is 2.32. The Balaban J connectivity index is 2.21. The maximum Gasteiger partial charge on any atom is 0.254 e. The summed E-state index contributed by atoms with van der Waals surface area (Å²) in [6.45, 7) is 3.45.